The van der Waals surface area contributed by atoms with Gasteiger partial charge in [0.05, 0.1) is 6.61 Å². The number of carbonyl (C=O) groups excluding carboxylic acids is 1. The summed E-state index contributed by atoms with van der Waals surface area (Å²) in [5, 5.41) is 12.7. The summed E-state index contributed by atoms with van der Waals surface area (Å²) in [7, 11) is 0. The van der Waals surface area contributed by atoms with E-state index in [0.717, 1.165) is 49.6 Å². The maximum atomic E-state index is 12.4. The molecule has 1 saturated carbocycles. The molecule has 27 heavy (non-hydrogen) atoms. The molecule has 2 aliphatic heterocycles. The molecular weight excluding hydrogens is 340 g/mol. The Morgan fingerprint density at radius 3 is 2.85 bits per heavy atom. The fourth-order valence-corrected chi connectivity index (χ4v) is 4.59. The number of amides is 1. The van der Waals surface area contributed by atoms with Crippen molar-refractivity contribution in [3.8, 4) is 0 Å². The third kappa shape index (κ3) is 2.88. The molecule has 1 aliphatic carbocycles. The van der Waals surface area contributed by atoms with Gasteiger partial charge in [-0.2, -0.15) is 0 Å². The third-order valence-electron chi connectivity index (χ3n) is 6.31. The molecule has 1 amide bonds. The molecule has 0 unspecified atom stereocenters. The van der Waals surface area contributed by atoms with Gasteiger partial charge in [0.15, 0.2) is 0 Å². The van der Waals surface area contributed by atoms with E-state index in [-0.39, 0.29) is 17.9 Å². The van der Waals surface area contributed by atoms with E-state index in [2.05, 4.69) is 27.3 Å². The Morgan fingerprint density at radius 1 is 1.22 bits per heavy atom. The number of hydrogen-bond donors (Lipinski definition) is 2. The highest BCUT2D eigenvalue weighted by Crippen LogP contribution is 2.58. The highest BCUT2D eigenvalue weighted by atomic mass is 16.3. The maximum Gasteiger partial charge on any atom is 0.270 e. The van der Waals surface area contributed by atoms with Crippen molar-refractivity contribution in [3.05, 3.63) is 53.0 Å². The van der Waals surface area contributed by atoms with Crippen LogP contribution in [0.4, 0.5) is 5.82 Å². The standard InChI is InChI=1S/C21H24N4O2/c26-13-21-10-15(21)11-25(12-21)19-16-8-9-22-20(27)18(16)23-17(24-19)7-6-14-4-2-1-3-5-14/h1-5,15,26H,6-13H2,(H,22,27)/t15-,21+/m1/s1. The van der Waals surface area contributed by atoms with Gasteiger partial charge in [-0.05, 0) is 30.7 Å². The van der Waals surface area contributed by atoms with Crippen molar-refractivity contribution >= 4 is 11.7 Å². The monoisotopic (exact) mass is 364 g/mol. The number of aromatic nitrogens is 2. The van der Waals surface area contributed by atoms with Crippen molar-refractivity contribution < 1.29 is 9.90 Å². The van der Waals surface area contributed by atoms with Crippen LogP contribution in [-0.4, -0.2) is 47.2 Å². The van der Waals surface area contributed by atoms with Gasteiger partial charge in [-0.25, -0.2) is 9.97 Å². The molecule has 0 spiro atoms. The highest BCUT2D eigenvalue weighted by molar-refractivity contribution is 5.96. The average molecular weight is 364 g/mol. The van der Waals surface area contributed by atoms with Crippen molar-refractivity contribution in [3.63, 3.8) is 0 Å². The van der Waals surface area contributed by atoms with Crippen molar-refractivity contribution in [2.24, 2.45) is 11.3 Å². The smallest absolute Gasteiger partial charge is 0.270 e. The lowest BCUT2D eigenvalue weighted by Gasteiger charge is -2.27. The van der Waals surface area contributed by atoms with Gasteiger partial charge >= 0.3 is 0 Å². The second kappa shape index (κ2) is 6.30. The molecule has 140 valence electrons. The summed E-state index contributed by atoms with van der Waals surface area (Å²) in [5.41, 5.74) is 2.80. The molecule has 2 aromatic rings. The van der Waals surface area contributed by atoms with E-state index in [1.807, 2.05) is 18.2 Å². The van der Waals surface area contributed by atoms with Gasteiger partial charge < -0.3 is 15.3 Å². The van der Waals surface area contributed by atoms with Gasteiger partial charge in [-0.3, -0.25) is 4.79 Å². The molecule has 2 atom stereocenters. The SMILES string of the molecule is O=C1NCCc2c1nc(CCc1ccccc1)nc2N1C[C@H]2C[C@@]2(CO)C1. The van der Waals surface area contributed by atoms with Crippen LogP contribution in [0.15, 0.2) is 30.3 Å². The molecule has 3 heterocycles. The Kier molecular flexibility index (Phi) is 3.90. The number of rotatable bonds is 5. The number of anilines is 1. The van der Waals surface area contributed by atoms with Crippen LogP contribution in [0.3, 0.4) is 0 Å². The number of aliphatic hydroxyl groups is 1. The largest absolute Gasteiger partial charge is 0.396 e. The summed E-state index contributed by atoms with van der Waals surface area (Å²) in [6.45, 7) is 2.62. The lowest BCUT2D eigenvalue weighted by atomic mass is 10.0. The van der Waals surface area contributed by atoms with Crippen LogP contribution in [0.25, 0.3) is 0 Å². The first-order valence-corrected chi connectivity index (χ1v) is 9.76. The van der Waals surface area contributed by atoms with E-state index in [1.54, 1.807) is 0 Å². The number of carbonyl (C=O) groups is 1. The lowest BCUT2D eigenvalue weighted by molar-refractivity contribution is 0.0940. The van der Waals surface area contributed by atoms with Gasteiger partial charge in [0.1, 0.15) is 17.3 Å². The molecule has 0 radical (unpaired) electrons. The molecule has 2 N–H and O–H groups in total. The van der Waals surface area contributed by atoms with Crippen molar-refractivity contribution in [2.45, 2.75) is 25.7 Å². The topological polar surface area (TPSA) is 78.4 Å². The van der Waals surface area contributed by atoms with Gasteiger partial charge in [0, 0.05) is 37.0 Å². The Labute approximate surface area is 158 Å². The van der Waals surface area contributed by atoms with Crippen LogP contribution in [0, 0.1) is 11.3 Å². The molecule has 1 aromatic heterocycles. The second-order valence-corrected chi connectivity index (χ2v) is 8.08. The minimum absolute atomic E-state index is 0.0545. The Morgan fingerprint density at radius 2 is 2.07 bits per heavy atom. The van der Waals surface area contributed by atoms with Crippen molar-refractivity contribution in [1.82, 2.24) is 15.3 Å². The number of aliphatic hydroxyl groups excluding tert-OH is 1. The fourth-order valence-electron chi connectivity index (χ4n) is 4.59. The molecule has 0 bridgehead atoms. The van der Waals surface area contributed by atoms with Gasteiger partial charge in [0.25, 0.3) is 5.91 Å². The first kappa shape index (κ1) is 16.7. The van der Waals surface area contributed by atoms with E-state index in [1.165, 1.54) is 5.56 Å². The van der Waals surface area contributed by atoms with Crippen LogP contribution < -0.4 is 10.2 Å². The number of aryl methyl sites for hydroxylation is 2. The van der Waals surface area contributed by atoms with E-state index >= 15 is 0 Å². The predicted octanol–water partition coefficient (Wildman–Crippen LogP) is 1.37. The molecular formula is C21H24N4O2. The summed E-state index contributed by atoms with van der Waals surface area (Å²) in [6.07, 6.45) is 3.43. The summed E-state index contributed by atoms with van der Waals surface area (Å²) >= 11 is 0. The number of hydrogen-bond acceptors (Lipinski definition) is 5. The Hall–Kier alpha value is -2.47. The first-order chi connectivity index (χ1) is 13.2. The fraction of sp³-hybridized carbons (Fsp3) is 0.476. The Bertz CT molecular complexity index is 881. The zero-order valence-corrected chi connectivity index (χ0v) is 15.3. The molecule has 1 saturated heterocycles. The summed E-state index contributed by atoms with van der Waals surface area (Å²) < 4.78 is 0. The quantitative estimate of drug-likeness (QED) is 0.838. The number of piperidine rings is 1. The molecule has 1 aromatic carbocycles. The van der Waals surface area contributed by atoms with Crippen LogP contribution >= 0.6 is 0 Å². The molecule has 5 rings (SSSR count). The third-order valence-corrected chi connectivity index (χ3v) is 6.31. The summed E-state index contributed by atoms with van der Waals surface area (Å²) in [5.74, 6) is 2.10. The molecule has 6 nitrogen and oxygen atoms in total. The summed E-state index contributed by atoms with van der Waals surface area (Å²) in [4.78, 5) is 24.2. The van der Waals surface area contributed by atoms with Crippen LogP contribution in [-0.2, 0) is 19.3 Å². The van der Waals surface area contributed by atoms with E-state index in [0.29, 0.717) is 24.6 Å². The van der Waals surface area contributed by atoms with Gasteiger partial charge in [-0.1, -0.05) is 30.3 Å². The zero-order chi connectivity index (χ0) is 18.4. The normalized spacial score (nSPS) is 25.7. The molecule has 2 fully saturated rings. The van der Waals surface area contributed by atoms with Crippen molar-refractivity contribution in [2.75, 3.05) is 31.1 Å². The number of nitrogens with one attached hydrogen (secondary N) is 1. The lowest BCUT2D eigenvalue weighted by Crippen LogP contribution is -2.36. The first-order valence-electron chi connectivity index (χ1n) is 9.76. The highest BCUT2D eigenvalue weighted by Gasteiger charge is 2.60. The zero-order valence-electron chi connectivity index (χ0n) is 15.3. The maximum absolute atomic E-state index is 12.4. The number of nitrogens with zero attached hydrogens (tertiary/aromatic N) is 3. The predicted molar refractivity (Wildman–Crippen MR) is 102 cm³/mol. The number of benzene rings is 1. The second-order valence-electron chi connectivity index (χ2n) is 8.08. The minimum Gasteiger partial charge on any atom is -0.396 e. The van der Waals surface area contributed by atoms with Crippen LogP contribution in [0.2, 0.25) is 0 Å². The minimum atomic E-state index is -0.0953. The van der Waals surface area contributed by atoms with E-state index in [4.69, 9.17) is 4.98 Å². The van der Waals surface area contributed by atoms with Gasteiger partial charge in [-0.15, -0.1) is 0 Å². The van der Waals surface area contributed by atoms with E-state index < -0.39 is 0 Å². The molecule has 3 aliphatic rings. The summed E-state index contributed by atoms with van der Waals surface area (Å²) in [6, 6.07) is 10.3. The van der Waals surface area contributed by atoms with Crippen LogP contribution in [0.5, 0.6) is 0 Å². The number of fused-ring (bicyclic) bond motifs is 2. The Balaban J connectivity index is 1.46. The molecule has 6 heteroatoms. The average Bonchev–Trinajstić information content (AvgIpc) is 3.27. The van der Waals surface area contributed by atoms with E-state index in [9.17, 15) is 9.90 Å². The van der Waals surface area contributed by atoms with Gasteiger partial charge in [0.2, 0.25) is 0 Å². The van der Waals surface area contributed by atoms with Crippen molar-refractivity contribution in [1.29, 1.82) is 0 Å². The van der Waals surface area contributed by atoms with Crippen LogP contribution in [0.1, 0.15) is 33.9 Å².